The average molecular weight is 276 g/mol. The van der Waals surface area contributed by atoms with Crippen molar-refractivity contribution in [3.05, 3.63) is 71.6 Å². The summed E-state index contributed by atoms with van der Waals surface area (Å²) in [6.07, 6.45) is 9.67. The van der Waals surface area contributed by atoms with Crippen molar-refractivity contribution in [2.24, 2.45) is 0 Å². The van der Waals surface area contributed by atoms with Gasteiger partial charge in [0.15, 0.2) is 0 Å². The zero-order chi connectivity index (χ0) is 14.1. The molecule has 0 saturated heterocycles. The van der Waals surface area contributed by atoms with E-state index in [-0.39, 0.29) is 0 Å². The van der Waals surface area contributed by atoms with Crippen LogP contribution in [0.25, 0.3) is 5.69 Å². The Morgan fingerprint density at radius 3 is 2.95 bits per heavy atom. The first-order chi connectivity index (χ1) is 10.4. The van der Waals surface area contributed by atoms with E-state index in [1.807, 2.05) is 16.9 Å². The number of rotatable bonds is 3. The molecule has 4 nitrogen and oxygen atoms in total. The summed E-state index contributed by atoms with van der Waals surface area (Å²) in [4.78, 5) is 8.56. The number of hydrogen-bond acceptors (Lipinski definition) is 3. The molecule has 4 rings (SSSR count). The molecule has 1 aliphatic rings. The van der Waals surface area contributed by atoms with Crippen LogP contribution in [0.4, 0.5) is 0 Å². The van der Waals surface area contributed by atoms with Gasteiger partial charge < -0.3 is 0 Å². The third-order valence-corrected chi connectivity index (χ3v) is 4.03. The second-order valence-corrected chi connectivity index (χ2v) is 5.43. The zero-order valence-corrected chi connectivity index (χ0v) is 11.7. The molecule has 4 heteroatoms. The van der Waals surface area contributed by atoms with E-state index in [0.717, 1.165) is 23.5 Å². The number of nitrogens with zero attached hydrogens (tertiary/aromatic N) is 4. The lowest BCUT2D eigenvalue weighted by Gasteiger charge is -2.08. The van der Waals surface area contributed by atoms with Gasteiger partial charge in [0, 0.05) is 18.8 Å². The minimum absolute atomic E-state index is 0.741. The highest BCUT2D eigenvalue weighted by Crippen LogP contribution is 2.24. The molecular weight excluding hydrogens is 260 g/mol. The Labute approximate surface area is 123 Å². The van der Waals surface area contributed by atoms with Crippen LogP contribution in [0, 0.1) is 0 Å². The van der Waals surface area contributed by atoms with E-state index in [1.54, 1.807) is 12.5 Å². The Bertz CT molecular complexity index is 761. The minimum Gasteiger partial charge on any atom is -0.264 e. The van der Waals surface area contributed by atoms with Gasteiger partial charge in [0.2, 0.25) is 0 Å². The molecule has 2 aromatic heterocycles. The standard InChI is InChI=1S/C17H16N4/c1-4-14-6-7-16(10-15(14)5-1)21-17(19-12-20-21)9-13-3-2-8-18-11-13/h2-3,6-8,10-12H,1,4-5,9H2. The Morgan fingerprint density at radius 2 is 2.05 bits per heavy atom. The third-order valence-electron chi connectivity index (χ3n) is 4.03. The molecule has 0 fully saturated rings. The molecule has 2 heterocycles. The van der Waals surface area contributed by atoms with E-state index in [4.69, 9.17) is 0 Å². The second kappa shape index (κ2) is 5.13. The molecule has 0 atom stereocenters. The summed E-state index contributed by atoms with van der Waals surface area (Å²) in [5, 5.41) is 4.39. The monoisotopic (exact) mass is 276 g/mol. The molecule has 0 bridgehead atoms. The molecule has 21 heavy (non-hydrogen) atoms. The van der Waals surface area contributed by atoms with Crippen molar-refractivity contribution in [3.63, 3.8) is 0 Å². The van der Waals surface area contributed by atoms with Gasteiger partial charge in [0.05, 0.1) is 5.69 Å². The minimum atomic E-state index is 0.741. The quantitative estimate of drug-likeness (QED) is 0.739. The molecule has 1 aliphatic carbocycles. The SMILES string of the molecule is c1cncc(Cc2ncnn2-c2ccc3c(c2)CCC3)c1. The van der Waals surface area contributed by atoms with E-state index in [2.05, 4.69) is 39.3 Å². The summed E-state index contributed by atoms with van der Waals surface area (Å²) >= 11 is 0. The van der Waals surface area contributed by atoms with Crippen molar-refractivity contribution in [1.29, 1.82) is 0 Å². The summed E-state index contributed by atoms with van der Waals surface area (Å²) < 4.78 is 1.94. The summed E-state index contributed by atoms with van der Waals surface area (Å²) in [6.45, 7) is 0. The van der Waals surface area contributed by atoms with Gasteiger partial charge in [-0.2, -0.15) is 5.10 Å². The van der Waals surface area contributed by atoms with Crippen LogP contribution < -0.4 is 0 Å². The predicted octanol–water partition coefficient (Wildman–Crippen LogP) is 2.74. The highest BCUT2D eigenvalue weighted by molar-refractivity contribution is 5.42. The maximum atomic E-state index is 4.41. The molecule has 0 saturated carbocycles. The molecule has 0 N–H and O–H groups in total. The summed E-state index contributed by atoms with van der Waals surface area (Å²) in [7, 11) is 0. The zero-order valence-electron chi connectivity index (χ0n) is 11.7. The van der Waals surface area contributed by atoms with Gasteiger partial charge in [0.1, 0.15) is 12.2 Å². The fourth-order valence-electron chi connectivity index (χ4n) is 2.98. The maximum Gasteiger partial charge on any atom is 0.138 e. The smallest absolute Gasteiger partial charge is 0.138 e. The van der Waals surface area contributed by atoms with Gasteiger partial charge in [-0.3, -0.25) is 4.98 Å². The lowest BCUT2D eigenvalue weighted by Crippen LogP contribution is -2.05. The van der Waals surface area contributed by atoms with E-state index < -0.39 is 0 Å². The van der Waals surface area contributed by atoms with Crippen LogP contribution in [0.5, 0.6) is 0 Å². The molecule has 0 amide bonds. The lowest BCUT2D eigenvalue weighted by atomic mass is 10.1. The molecule has 3 aromatic rings. The number of benzene rings is 1. The summed E-state index contributed by atoms with van der Waals surface area (Å²) in [5.41, 5.74) is 5.18. The first-order valence-corrected chi connectivity index (χ1v) is 7.30. The molecule has 0 radical (unpaired) electrons. The average Bonchev–Trinajstić information content (AvgIpc) is 3.16. The van der Waals surface area contributed by atoms with Crippen molar-refractivity contribution in [2.45, 2.75) is 25.7 Å². The fraction of sp³-hybridized carbons (Fsp3) is 0.235. The molecule has 104 valence electrons. The van der Waals surface area contributed by atoms with Crippen molar-refractivity contribution in [3.8, 4) is 5.69 Å². The third kappa shape index (κ3) is 2.33. The summed E-state index contributed by atoms with van der Waals surface area (Å²) in [5.74, 6) is 0.945. The topological polar surface area (TPSA) is 43.6 Å². The van der Waals surface area contributed by atoms with Gasteiger partial charge in [-0.1, -0.05) is 12.1 Å². The Morgan fingerprint density at radius 1 is 1.10 bits per heavy atom. The normalized spacial score (nSPS) is 13.3. The Balaban J connectivity index is 1.69. The number of aromatic nitrogens is 4. The molecule has 0 spiro atoms. The highest BCUT2D eigenvalue weighted by atomic mass is 15.3. The van der Waals surface area contributed by atoms with Crippen LogP contribution in [0.15, 0.2) is 49.1 Å². The first-order valence-electron chi connectivity index (χ1n) is 7.30. The molecular formula is C17H16N4. The summed E-state index contributed by atoms with van der Waals surface area (Å²) in [6, 6.07) is 10.6. The Hall–Kier alpha value is -2.49. The first kappa shape index (κ1) is 12.3. The lowest BCUT2D eigenvalue weighted by molar-refractivity contribution is 0.810. The van der Waals surface area contributed by atoms with E-state index in [0.29, 0.717) is 0 Å². The van der Waals surface area contributed by atoms with E-state index >= 15 is 0 Å². The van der Waals surface area contributed by atoms with Crippen molar-refractivity contribution in [1.82, 2.24) is 19.7 Å². The van der Waals surface area contributed by atoms with Crippen LogP contribution in [0.2, 0.25) is 0 Å². The maximum absolute atomic E-state index is 4.41. The largest absolute Gasteiger partial charge is 0.264 e. The van der Waals surface area contributed by atoms with Crippen LogP contribution in [0.3, 0.4) is 0 Å². The number of hydrogen-bond donors (Lipinski definition) is 0. The van der Waals surface area contributed by atoms with E-state index in [9.17, 15) is 0 Å². The van der Waals surface area contributed by atoms with Gasteiger partial charge >= 0.3 is 0 Å². The fourth-order valence-corrected chi connectivity index (χ4v) is 2.98. The number of fused-ring (bicyclic) bond motifs is 1. The predicted molar refractivity (Wildman–Crippen MR) is 80.4 cm³/mol. The van der Waals surface area contributed by atoms with Gasteiger partial charge in [-0.05, 0) is 54.2 Å². The highest BCUT2D eigenvalue weighted by Gasteiger charge is 2.13. The second-order valence-electron chi connectivity index (χ2n) is 5.43. The van der Waals surface area contributed by atoms with Gasteiger partial charge in [-0.25, -0.2) is 9.67 Å². The molecule has 1 aromatic carbocycles. The number of pyridine rings is 1. The van der Waals surface area contributed by atoms with Crippen LogP contribution in [-0.2, 0) is 19.3 Å². The van der Waals surface area contributed by atoms with Crippen LogP contribution in [0.1, 0.15) is 28.9 Å². The van der Waals surface area contributed by atoms with Crippen molar-refractivity contribution < 1.29 is 0 Å². The van der Waals surface area contributed by atoms with Crippen LogP contribution in [-0.4, -0.2) is 19.7 Å². The van der Waals surface area contributed by atoms with Gasteiger partial charge in [0.25, 0.3) is 0 Å². The van der Waals surface area contributed by atoms with Gasteiger partial charge in [-0.15, -0.1) is 0 Å². The van der Waals surface area contributed by atoms with Crippen molar-refractivity contribution >= 4 is 0 Å². The molecule has 0 unspecified atom stereocenters. The van der Waals surface area contributed by atoms with E-state index in [1.165, 1.54) is 30.4 Å². The Kier molecular flexibility index (Phi) is 2.99. The number of aryl methyl sites for hydroxylation is 2. The van der Waals surface area contributed by atoms with Crippen LogP contribution >= 0.6 is 0 Å². The molecule has 0 aliphatic heterocycles. The van der Waals surface area contributed by atoms with Crippen molar-refractivity contribution in [2.75, 3.05) is 0 Å².